The highest BCUT2D eigenvalue weighted by Gasteiger charge is 2.21. The summed E-state index contributed by atoms with van der Waals surface area (Å²) in [4.78, 5) is 12.8. The van der Waals surface area contributed by atoms with Crippen LogP contribution in [0.2, 0.25) is 0 Å². The van der Waals surface area contributed by atoms with E-state index in [-0.39, 0.29) is 11.7 Å². The molecule has 2 amide bonds. The van der Waals surface area contributed by atoms with E-state index in [1.807, 2.05) is 0 Å². The molecule has 0 unspecified atom stereocenters. The molecule has 0 atom stereocenters. The molecule has 0 aromatic heterocycles. The molecular weight excluding hydrogens is 197 g/mol. The van der Waals surface area contributed by atoms with Crippen LogP contribution in [-0.2, 0) is 0 Å². The van der Waals surface area contributed by atoms with Crippen molar-refractivity contribution in [1.82, 2.24) is 5.32 Å². The second-order valence-corrected chi connectivity index (χ2v) is 3.45. The summed E-state index contributed by atoms with van der Waals surface area (Å²) in [5, 5.41) is 2.66. The van der Waals surface area contributed by atoms with Gasteiger partial charge < -0.3 is 11.1 Å². The first-order valence-corrected chi connectivity index (χ1v) is 4.79. The summed E-state index contributed by atoms with van der Waals surface area (Å²) in [6.07, 6.45) is 0.815. The lowest BCUT2D eigenvalue weighted by Gasteiger charge is -2.27. The molecule has 0 saturated carbocycles. The Hall–Kier alpha value is -1.78. The zero-order valence-electron chi connectivity index (χ0n) is 8.16. The van der Waals surface area contributed by atoms with E-state index in [1.54, 1.807) is 6.07 Å². The Bertz CT molecular complexity index is 394. The van der Waals surface area contributed by atoms with Crippen molar-refractivity contribution in [3.8, 4) is 0 Å². The van der Waals surface area contributed by atoms with E-state index < -0.39 is 5.82 Å². The molecule has 1 aliphatic heterocycles. The Kier molecular flexibility index (Phi) is 2.45. The number of carbonyl (C=O) groups is 1. The van der Waals surface area contributed by atoms with Gasteiger partial charge in [0.15, 0.2) is 0 Å². The summed E-state index contributed by atoms with van der Waals surface area (Å²) in [6, 6.07) is 4.07. The fraction of sp³-hybridized carbons (Fsp3) is 0.300. The van der Waals surface area contributed by atoms with Gasteiger partial charge in [-0.1, -0.05) is 0 Å². The summed E-state index contributed by atoms with van der Waals surface area (Å²) in [5.41, 5.74) is 6.07. The standard InChI is InChI=1S/C10H12FN3O/c11-8-6-7(12)2-3-9(8)14-5-1-4-13-10(14)15/h2-3,6H,1,4-5,12H2,(H,13,15). The smallest absolute Gasteiger partial charge is 0.321 e. The molecule has 1 heterocycles. The van der Waals surface area contributed by atoms with E-state index in [0.717, 1.165) is 6.42 Å². The Morgan fingerprint density at radius 1 is 1.47 bits per heavy atom. The van der Waals surface area contributed by atoms with Crippen molar-refractivity contribution in [3.05, 3.63) is 24.0 Å². The molecule has 0 bridgehead atoms. The van der Waals surface area contributed by atoms with Crippen molar-refractivity contribution in [1.29, 1.82) is 0 Å². The van der Waals surface area contributed by atoms with Crippen LogP contribution >= 0.6 is 0 Å². The van der Waals surface area contributed by atoms with Gasteiger partial charge >= 0.3 is 6.03 Å². The number of halogens is 1. The number of amides is 2. The third-order valence-electron chi connectivity index (χ3n) is 2.34. The number of nitrogens with one attached hydrogen (secondary N) is 1. The van der Waals surface area contributed by atoms with Gasteiger partial charge in [0.2, 0.25) is 0 Å². The maximum Gasteiger partial charge on any atom is 0.321 e. The fourth-order valence-corrected chi connectivity index (χ4v) is 1.60. The van der Waals surface area contributed by atoms with Gasteiger partial charge in [-0.05, 0) is 24.6 Å². The van der Waals surface area contributed by atoms with Crippen LogP contribution in [0.1, 0.15) is 6.42 Å². The number of urea groups is 1. The molecule has 0 radical (unpaired) electrons. The number of hydrogen-bond acceptors (Lipinski definition) is 2. The molecule has 0 aliphatic carbocycles. The molecule has 1 aromatic rings. The number of carbonyl (C=O) groups excluding carboxylic acids is 1. The van der Waals surface area contributed by atoms with E-state index >= 15 is 0 Å². The largest absolute Gasteiger partial charge is 0.399 e. The Morgan fingerprint density at radius 3 is 2.93 bits per heavy atom. The molecule has 15 heavy (non-hydrogen) atoms. The fourth-order valence-electron chi connectivity index (χ4n) is 1.60. The SMILES string of the molecule is Nc1ccc(N2CCCNC2=O)c(F)c1. The van der Waals surface area contributed by atoms with Gasteiger partial charge in [-0.3, -0.25) is 4.90 Å². The normalized spacial score (nSPS) is 16.3. The van der Waals surface area contributed by atoms with Crippen molar-refractivity contribution in [3.63, 3.8) is 0 Å². The van der Waals surface area contributed by atoms with Crippen LogP contribution < -0.4 is 16.0 Å². The van der Waals surface area contributed by atoms with Gasteiger partial charge in [0.1, 0.15) is 5.82 Å². The van der Waals surface area contributed by atoms with Gasteiger partial charge in [-0.25, -0.2) is 9.18 Å². The van der Waals surface area contributed by atoms with Crippen molar-refractivity contribution in [2.45, 2.75) is 6.42 Å². The molecule has 1 aromatic carbocycles. The van der Waals surface area contributed by atoms with Crippen LogP contribution in [0.3, 0.4) is 0 Å². The lowest BCUT2D eigenvalue weighted by atomic mass is 10.2. The number of nitrogens with zero attached hydrogens (tertiary/aromatic N) is 1. The first-order chi connectivity index (χ1) is 7.18. The van der Waals surface area contributed by atoms with Crippen LogP contribution in [0.15, 0.2) is 18.2 Å². The average molecular weight is 209 g/mol. The van der Waals surface area contributed by atoms with Crippen molar-refractivity contribution < 1.29 is 9.18 Å². The second kappa shape index (κ2) is 3.76. The highest BCUT2D eigenvalue weighted by molar-refractivity contribution is 5.92. The summed E-state index contributed by atoms with van der Waals surface area (Å²) in [7, 11) is 0. The lowest BCUT2D eigenvalue weighted by Crippen LogP contribution is -2.46. The summed E-state index contributed by atoms with van der Waals surface area (Å²) in [6.45, 7) is 1.18. The number of anilines is 2. The number of nitrogen functional groups attached to an aromatic ring is 1. The van der Waals surface area contributed by atoms with Crippen LogP contribution in [0.4, 0.5) is 20.6 Å². The van der Waals surface area contributed by atoms with E-state index in [1.165, 1.54) is 17.0 Å². The van der Waals surface area contributed by atoms with Crippen LogP contribution in [-0.4, -0.2) is 19.1 Å². The van der Waals surface area contributed by atoms with Gasteiger partial charge in [0.25, 0.3) is 0 Å². The number of benzene rings is 1. The van der Waals surface area contributed by atoms with Crippen LogP contribution in [0.25, 0.3) is 0 Å². The van der Waals surface area contributed by atoms with E-state index in [0.29, 0.717) is 18.8 Å². The molecule has 0 spiro atoms. The highest BCUT2D eigenvalue weighted by atomic mass is 19.1. The zero-order valence-corrected chi connectivity index (χ0v) is 8.16. The first kappa shape index (κ1) is 9.76. The lowest BCUT2D eigenvalue weighted by molar-refractivity contribution is 0.242. The average Bonchev–Trinajstić information content (AvgIpc) is 2.20. The first-order valence-electron chi connectivity index (χ1n) is 4.79. The molecule has 80 valence electrons. The third-order valence-corrected chi connectivity index (χ3v) is 2.34. The van der Waals surface area contributed by atoms with Gasteiger partial charge in [0, 0.05) is 18.8 Å². The van der Waals surface area contributed by atoms with E-state index in [9.17, 15) is 9.18 Å². The molecule has 5 heteroatoms. The highest BCUT2D eigenvalue weighted by Crippen LogP contribution is 2.22. The minimum Gasteiger partial charge on any atom is -0.399 e. The van der Waals surface area contributed by atoms with Gasteiger partial charge in [-0.15, -0.1) is 0 Å². The minimum absolute atomic E-state index is 0.259. The van der Waals surface area contributed by atoms with Gasteiger partial charge in [-0.2, -0.15) is 0 Å². The summed E-state index contributed by atoms with van der Waals surface area (Å²) >= 11 is 0. The number of rotatable bonds is 1. The quantitative estimate of drug-likeness (QED) is 0.685. The molecule has 1 saturated heterocycles. The predicted octanol–water partition coefficient (Wildman–Crippen LogP) is 1.33. The summed E-state index contributed by atoms with van der Waals surface area (Å²) < 4.78 is 13.5. The van der Waals surface area contributed by atoms with Crippen molar-refractivity contribution in [2.24, 2.45) is 0 Å². The van der Waals surface area contributed by atoms with Gasteiger partial charge in [0.05, 0.1) is 5.69 Å². The molecule has 4 nitrogen and oxygen atoms in total. The number of hydrogen-bond donors (Lipinski definition) is 2. The monoisotopic (exact) mass is 209 g/mol. The Morgan fingerprint density at radius 2 is 2.27 bits per heavy atom. The third kappa shape index (κ3) is 1.86. The molecule has 1 aliphatic rings. The van der Waals surface area contributed by atoms with Crippen LogP contribution in [0, 0.1) is 5.82 Å². The summed E-state index contributed by atoms with van der Waals surface area (Å²) in [5.74, 6) is -0.466. The predicted molar refractivity (Wildman–Crippen MR) is 56.2 cm³/mol. The molecule has 3 N–H and O–H groups in total. The minimum atomic E-state index is -0.466. The Balaban J connectivity index is 2.31. The maximum atomic E-state index is 13.5. The van der Waals surface area contributed by atoms with Crippen LogP contribution in [0.5, 0.6) is 0 Å². The maximum absolute atomic E-state index is 13.5. The molecule has 1 fully saturated rings. The van der Waals surface area contributed by atoms with Crippen molar-refractivity contribution >= 4 is 17.4 Å². The zero-order chi connectivity index (χ0) is 10.8. The van der Waals surface area contributed by atoms with E-state index in [2.05, 4.69) is 5.32 Å². The number of nitrogens with two attached hydrogens (primary N) is 1. The topological polar surface area (TPSA) is 58.4 Å². The molecule has 2 rings (SSSR count). The molecular formula is C10H12FN3O. The second-order valence-electron chi connectivity index (χ2n) is 3.45. The Labute approximate surface area is 86.9 Å². The van der Waals surface area contributed by atoms with E-state index in [4.69, 9.17) is 5.73 Å². The van der Waals surface area contributed by atoms with Crippen molar-refractivity contribution in [2.75, 3.05) is 23.7 Å².